The zero-order valence-corrected chi connectivity index (χ0v) is 12.9. The molecular weight excluding hydrogens is 250 g/mol. The lowest BCUT2D eigenvalue weighted by Gasteiger charge is -2.36. The summed E-state index contributed by atoms with van der Waals surface area (Å²) in [6.07, 6.45) is 0. The molecule has 0 unspecified atom stereocenters. The van der Waals surface area contributed by atoms with Crippen LogP contribution in [0.25, 0.3) is 0 Å². The molecule has 0 saturated carbocycles. The van der Waals surface area contributed by atoms with Gasteiger partial charge >= 0.3 is 0 Å². The first-order valence-corrected chi connectivity index (χ1v) is 8.25. The van der Waals surface area contributed by atoms with Gasteiger partial charge in [-0.2, -0.15) is 0 Å². The zero-order valence-electron chi connectivity index (χ0n) is 11.7. The molecule has 100 valence electrons. The molecule has 1 N–H and O–H groups in total. The maximum Gasteiger partial charge on any atom is 0.206 e. The minimum Gasteiger partial charge on any atom is -0.320 e. The average molecular weight is 271 g/mol. The highest BCUT2D eigenvalue weighted by Crippen LogP contribution is 2.12. The van der Waals surface area contributed by atoms with Gasteiger partial charge in [0, 0.05) is 5.54 Å². The SMILES string of the molecule is CC(C)(C)N(O)[SiH](c1ccccc1)c1ccccc1. The fraction of sp³-hybridized carbons (Fsp3) is 0.250. The summed E-state index contributed by atoms with van der Waals surface area (Å²) in [5.74, 6) is 0. The van der Waals surface area contributed by atoms with Gasteiger partial charge in [-0.15, -0.1) is 0 Å². The van der Waals surface area contributed by atoms with Crippen LogP contribution in [0.15, 0.2) is 60.7 Å². The van der Waals surface area contributed by atoms with Gasteiger partial charge in [0.25, 0.3) is 0 Å². The minimum absolute atomic E-state index is 0.261. The normalized spacial score (nSPS) is 12.1. The zero-order chi connectivity index (χ0) is 13.9. The van der Waals surface area contributed by atoms with E-state index in [0.717, 1.165) is 0 Å². The molecule has 0 aliphatic carbocycles. The van der Waals surface area contributed by atoms with Crippen LogP contribution in [-0.4, -0.2) is 24.4 Å². The maximum atomic E-state index is 10.6. The molecular formula is C16H21NOSi. The fourth-order valence-electron chi connectivity index (χ4n) is 2.13. The number of rotatable bonds is 3. The van der Waals surface area contributed by atoms with Crippen molar-refractivity contribution in [3.63, 3.8) is 0 Å². The molecule has 0 bridgehead atoms. The Hall–Kier alpha value is -1.42. The molecule has 0 saturated heterocycles. The highest BCUT2D eigenvalue weighted by Gasteiger charge is 2.31. The van der Waals surface area contributed by atoms with Gasteiger partial charge in [-0.3, -0.25) is 0 Å². The summed E-state index contributed by atoms with van der Waals surface area (Å²) in [6, 6.07) is 20.6. The smallest absolute Gasteiger partial charge is 0.206 e. The van der Waals surface area contributed by atoms with Crippen LogP contribution in [0, 0.1) is 0 Å². The topological polar surface area (TPSA) is 23.5 Å². The van der Waals surface area contributed by atoms with Crippen molar-refractivity contribution in [2.75, 3.05) is 0 Å². The lowest BCUT2D eigenvalue weighted by Crippen LogP contribution is -2.61. The lowest BCUT2D eigenvalue weighted by atomic mass is 10.1. The van der Waals surface area contributed by atoms with Crippen LogP contribution in [0.2, 0.25) is 0 Å². The largest absolute Gasteiger partial charge is 0.320 e. The molecule has 0 amide bonds. The summed E-state index contributed by atoms with van der Waals surface area (Å²) in [4.78, 5) is 0. The van der Waals surface area contributed by atoms with Crippen molar-refractivity contribution < 1.29 is 5.21 Å². The standard InChI is InChI=1S/C16H21NOSi/c1-16(2,3)17(18)19(14-10-6-4-7-11-14)15-12-8-5-9-13-15/h4-13,18-19H,1-3H3. The second kappa shape index (κ2) is 5.69. The maximum absolute atomic E-state index is 10.6. The number of nitrogens with zero attached hydrogens (tertiary/aromatic N) is 1. The lowest BCUT2D eigenvalue weighted by molar-refractivity contribution is -0.0731. The van der Waals surface area contributed by atoms with E-state index < -0.39 is 8.96 Å². The van der Waals surface area contributed by atoms with E-state index in [-0.39, 0.29) is 5.54 Å². The van der Waals surface area contributed by atoms with Crippen molar-refractivity contribution in [3.05, 3.63) is 60.7 Å². The third-order valence-corrected chi connectivity index (χ3v) is 6.46. The van der Waals surface area contributed by atoms with Crippen LogP contribution in [0.3, 0.4) is 0 Å². The number of hydrogen-bond donors (Lipinski definition) is 1. The summed E-state index contributed by atoms with van der Waals surface area (Å²) in [6.45, 7) is 6.12. The van der Waals surface area contributed by atoms with Gasteiger partial charge in [0.05, 0.1) is 0 Å². The third-order valence-electron chi connectivity index (χ3n) is 3.16. The van der Waals surface area contributed by atoms with Gasteiger partial charge < -0.3 is 5.21 Å². The van der Waals surface area contributed by atoms with Gasteiger partial charge in [0.15, 0.2) is 0 Å². The van der Waals surface area contributed by atoms with E-state index in [0.29, 0.717) is 0 Å². The van der Waals surface area contributed by atoms with Crippen molar-refractivity contribution in [1.29, 1.82) is 0 Å². The van der Waals surface area contributed by atoms with E-state index in [9.17, 15) is 5.21 Å². The molecule has 2 rings (SSSR count). The van der Waals surface area contributed by atoms with Crippen LogP contribution in [0.5, 0.6) is 0 Å². The fourth-order valence-corrected chi connectivity index (χ4v) is 5.03. The molecule has 0 atom stereocenters. The summed E-state index contributed by atoms with van der Waals surface area (Å²) < 4.78 is 1.57. The Labute approximate surface area is 117 Å². The second-order valence-electron chi connectivity index (χ2n) is 5.74. The second-order valence-corrected chi connectivity index (χ2v) is 8.37. The molecule has 0 aliphatic heterocycles. The molecule has 0 radical (unpaired) electrons. The van der Waals surface area contributed by atoms with Crippen molar-refractivity contribution >= 4 is 19.3 Å². The Bertz CT molecular complexity index is 468. The molecule has 2 aromatic carbocycles. The van der Waals surface area contributed by atoms with Crippen LogP contribution in [0.1, 0.15) is 20.8 Å². The van der Waals surface area contributed by atoms with Crippen LogP contribution >= 0.6 is 0 Å². The van der Waals surface area contributed by atoms with Gasteiger partial charge in [-0.25, -0.2) is 4.73 Å². The van der Waals surface area contributed by atoms with Gasteiger partial charge in [-0.1, -0.05) is 60.7 Å². The molecule has 2 nitrogen and oxygen atoms in total. The summed E-state index contributed by atoms with van der Waals surface area (Å²) in [5, 5.41) is 13.1. The average Bonchev–Trinajstić information content (AvgIpc) is 2.40. The van der Waals surface area contributed by atoms with Gasteiger partial charge in [-0.05, 0) is 31.1 Å². The molecule has 3 heteroatoms. The Morgan fingerprint density at radius 1 is 0.789 bits per heavy atom. The first-order chi connectivity index (χ1) is 9.00. The Morgan fingerprint density at radius 2 is 1.16 bits per heavy atom. The Balaban J connectivity index is 2.46. The monoisotopic (exact) mass is 271 g/mol. The Kier molecular flexibility index (Phi) is 4.19. The van der Waals surface area contributed by atoms with E-state index in [1.165, 1.54) is 10.4 Å². The molecule has 0 aliphatic rings. The van der Waals surface area contributed by atoms with E-state index in [1.54, 1.807) is 4.73 Å². The highest BCUT2D eigenvalue weighted by atomic mass is 28.3. The Morgan fingerprint density at radius 3 is 1.47 bits per heavy atom. The molecule has 0 heterocycles. The summed E-state index contributed by atoms with van der Waals surface area (Å²) in [5.41, 5.74) is -0.261. The van der Waals surface area contributed by atoms with Gasteiger partial charge in [0.2, 0.25) is 8.96 Å². The summed E-state index contributed by atoms with van der Waals surface area (Å²) in [7, 11) is -1.78. The molecule has 19 heavy (non-hydrogen) atoms. The number of hydroxylamine groups is 1. The van der Waals surface area contributed by atoms with Crippen LogP contribution < -0.4 is 10.4 Å². The predicted molar refractivity (Wildman–Crippen MR) is 82.7 cm³/mol. The molecule has 0 fully saturated rings. The van der Waals surface area contributed by atoms with Crippen molar-refractivity contribution in [1.82, 2.24) is 4.73 Å². The van der Waals surface area contributed by atoms with Crippen LogP contribution in [0.4, 0.5) is 0 Å². The number of hydrogen-bond acceptors (Lipinski definition) is 2. The van der Waals surface area contributed by atoms with E-state index >= 15 is 0 Å². The summed E-state index contributed by atoms with van der Waals surface area (Å²) >= 11 is 0. The van der Waals surface area contributed by atoms with Crippen molar-refractivity contribution in [2.24, 2.45) is 0 Å². The first kappa shape index (κ1) is 14.0. The molecule has 2 aromatic rings. The quantitative estimate of drug-likeness (QED) is 0.682. The molecule has 0 spiro atoms. The first-order valence-electron chi connectivity index (χ1n) is 6.58. The minimum atomic E-state index is -1.78. The third kappa shape index (κ3) is 3.32. The predicted octanol–water partition coefficient (Wildman–Crippen LogP) is 2.01. The molecule has 0 aromatic heterocycles. The van der Waals surface area contributed by atoms with E-state index in [2.05, 4.69) is 24.3 Å². The highest BCUT2D eigenvalue weighted by molar-refractivity contribution is 6.82. The van der Waals surface area contributed by atoms with Crippen LogP contribution in [-0.2, 0) is 0 Å². The van der Waals surface area contributed by atoms with E-state index in [1.807, 2.05) is 57.2 Å². The van der Waals surface area contributed by atoms with E-state index in [4.69, 9.17) is 0 Å². The van der Waals surface area contributed by atoms with Gasteiger partial charge in [0.1, 0.15) is 0 Å². The van der Waals surface area contributed by atoms with Crippen molar-refractivity contribution in [3.8, 4) is 0 Å². The van der Waals surface area contributed by atoms with Crippen molar-refractivity contribution in [2.45, 2.75) is 26.3 Å². The number of benzene rings is 2.